The average molecular weight is 338 g/mol. The van der Waals surface area contributed by atoms with Gasteiger partial charge in [-0.05, 0) is 37.3 Å². The Morgan fingerprint density at radius 1 is 1.28 bits per heavy atom. The predicted octanol–water partition coefficient (Wildman–Crippen LogP) is 2.01. The minimum atomic E-state index is -0.105. The molecule has 1 aliphatic heterocycles. The van der Waals surface area contributed by atoms with Gasteiger partial charge >= 0.3 is 0 Å². The molecule has 0 spiro atoms. The minimum absolute atomic E-state index is 0.0265. The molecule has 0 fully saturated rings. The molecular formula is C19H22N4O2. The molecule has 6 heteroatoms. The van der Waals surface area contributed by atoms with E-state index in [2.05, 4.69) is 16.0 Å². The van der Waals surface area contributed by atoms with Crippen LogP contribution in [-0.2, 0) is 19.3 Å². The van der Waals surface area contributed by atoms with Gasteiger partial charge in [-0.25, -0.2) is 9.97 Å². The Labute approximate surface area is 147 Å². The molecular weight excluding hydrogens is 316 g/mol. The van der Waals surface area contributed by atoms with Gasteiger partial charge in [0, 0.05) is 24.7 Å². The number of hydrogen-bond acceptors (Lipinski definition) is 5. The summed E-state index contributed by atoms with van der Waals surface area (Å²) < 4.78 is 5.95. The summed E-state index contributed by atoms with van der Waals surface area (Å²) in [6, 6.07) is 8.01. The van der Waals surface area contributed by atoms with Crippen molar-refractivity contribution in [2.45, 2.75) is 38.2 Å². The summed E-state index contributed by atoms with van der Waals surface area (Å²) in [5.74, 6) is 0.991. The lowest BCUT2D eigenvalue weighted by Gasteiger charge is -2.23. The van der Waals surface area contributed by atoms with Crippen molar-refractivity contribution in [1.29, 1.82) is 0 Å². The standard InChI is InChI=1S/C19H22N4O2/c1-23(11-13-10-12-6-2-5-9-16(12)25-13)18(24)17-14-7-3-4-8-15(14)21-19(20)22-17/h2,5-6,9,13H,3-4,7-8,10-11H2,1H3,(H2,20,21,22)/t13-/m0/s1. The highest BCUT2D eigenvalue weighted by Gasteiger charge is 2.28. The second-order valence-corrected chi connectivity index (χ2v) is 6.80. The molecule has 2 N–H and O–H groups in total. The van der Waals surface area contributed by atoms with Gasteiger partial charge < -0.3 is 15.4 Å². The summed E-state index contributed by atoms with van der Waals surface area (Å²) in [6.45, 7) is 0.520. The number of ether oxygens (including phenoxy) is 1. The molecule has 1 amide bonds. The van der Waals surface area contributed by atoms with E-state index in [1.165, 1.54) is 5.56 Å². The van der Waals surface area contributed by atoms with Crippen molar-refractivity contribution >= 4 is 11.9 Å². The Bertz CT molecular complexity index is 796. The molecule has 1 aromatic heterocycles. The quantitative estimate of drug-likeness (QED) is 0.926. The van der Waals surface area contributed by atoms with E-state index in [1.807, 2.05) is 18.2 Å². The zero-order valence-corrected chi connectivity index (χ0v) is 14.4. The lowest BCUT2D eigenvalue weighted by Crippen LogP contribution is -2.37. The van der Waals surface area contributed by atoms with E-state index in [4.69, 9.17) is 10.5 Å². The number of carbonyl (C=O) groups is 1. The number of carbonyl (C=O) groups excluding carboxylic acids is 1. The number of nitrogens with two attached hydrogens (primary N) is 1. The van der Waals surface area contributed by atoms with Crippen LogP contribution in [0.4, 0.5) is 5.95 Å². The van der Waals surface area contributed by atoms with Gasteiger partial charge in [-0.15, -0.1) is 0 Å². The summed E-state index contributed by atoms with van der Waals surface area (Å²) in [7, 11) is 1.79. The third kappa shape index (κ3) is 3.04. The summed E-state index contributed by atoms with van der Waals surface area (Å²) in [6.07, 6.45) is 4.65. The van der Waals surface area contributed by atoms with E-state index in [0.29, 0.717) is 12.2 Å². The highest BCUT2D eigenvalue weighted by atomic mass is 16.5. The van der Waals surface area contributed by atoms with Crippen molar-refractivity contribution in [2.75, 3.05) is 19.3 Å². The highest BCUT2D eigenvalue weighted by Crippen LogP contribution is 2.29. The molecule has 0 unspecified atom stereocenters. The number of rotatable bonds is 3. The number of hydrogen-bond donors (Lipinski definition) is 1. The molecule has 130 valence electrons. The van der Waals surface area contributed by atoms with Gasteiger partial charge in [-0.1, -0.05) is 18.2 Å². The number of anilines is 1. The number of para-hydroxylation sites is 1. The first kappa shape index (κ1) is 15.9. The molecule has 6 nitrogen and oxygen atoms in total. The van der Waals surface area contributed by atoms with Gasteiger partial charge in [0.05, 0.1) is 6.54 Å². The van der Waals surface area contributed by atoms with E-state index in [0.717, 1.165) is 49.1 Å². The van der Waals surface area contributed by atoms with E-state index in [9.17, 15) is 4.79 Å². The van der Waals surface area contributed by atoms with Crippen LogP contribution in [-0.4, -0.2) is 40.5 Å². The van der Waals surface area contributed by atoms with Crippen LogP contribution in [0.5, 0.6) is 5.75 Å². The molecule has 4 rings (SSSR count). The number of amides is 1. The van der Waals surface area contributed by atoms with Crippen LogP contribution in [0, 0.1) is 0 Å². The van der Waals surface area contributed by atoms with Crippen LogP contribution in [0.2, 0.25) is 0 Å². The van der Waals surface area contributed by atoms with Crippen molar-refractivity contribution < 1.29 is 9.53 Å². The molecule has 0 radical (unpaired) electrons. The molecule has 0 bridgehead atoms. The van der Waals surface area contributed by atoms with Crippen molar-refractivity contribution in [2.24, 2.45) is 0 Å². The van der Waals surface area contributed by atoms with E-state index in [-0.39, 0.29) is 18.0 Å². The Morgan fingerprint density at radius 3 is 2.92 bits per heavy atom. The van der Waals surface area contributed by atoms with Crippen LogP contribution in [0.15, 0.2) is 24.3 Å². The van der Waals surface area contributed by atoms with Crippen molar-refractivity contribution in [1.82, 2.24) is 14.9 Å². The lowest BCUT2D eigenvalue weighted by molar-refractivity contribution is 0.0723. The predicted molar refractivity (Wildman–Crippen MR) is 94.6 cm³/mol. The lowest BCUT2D eigenvalue weighted by atomic mass is 9.94. The van der Waals surface area contributed by atoms with Crippen LogP contribution in [0.1, 0.15) is 40.2 Å². The number of likely N-dealkylation sites (N-methyl/N-ethyl adjacent to an activating group) is 1. The zero-order valence-electron chi connectivity index (χ0n) is 14.4. The van der Waals surface area contributed by atoms with Crippen LogP contribution < -0.4 is 10.5 Å². The Hall–Kier alpha value is -2.63. The normalized spacial score (nSPS) is 18.2. The third-order valence-electron chi connectivity index (χ3n) is 4.94. The maximum absolute atomic E-state index is 13.0. The number of nitrogen functional groups attached to an aromatic ring is 1. The van der Waals surface area contributed by atoms with Gasteiger partial charge in [-0.3, -0.25) is 4.79 Å². The summed E-state index contributed by atoms with van der Waals surface area (Å²) in [5, 5.41) is 0. The van der Waals surface area contributed by atoms with Gasteiger partial charge in [0.2, 0.25) is 5.95 Å². The van der Waals surface area contributed by atoms with Crippen LogP contribution in [0.25, 0.3) is 0 Å². The fraction of sp³-hybridized carbons (Fsp3) is 0.421. The molecule has 1 aliphatic carbocycles. The molecule has 2 aromatic rings. The highest BCUT2D eigenvalue weighted by molar-refractivity contribution is 5.94. The maximum Gasteiger partial charge on any atom is 0.272 e. The van der Waals surface area contributed by atoms with Crippen molar-refractivity contribution in [3.8, 4) is 5.75 Å². The third-order valence-corrected chi connectivity index (χ3v) is 4.94. The number of nitrogens with zero attached hydrogens (tertiary/aromatic N) is 3. The largest absolute Gasteiger partial charge is 0.488 e. The number of fused-ring (bicyclic) bond motifs is 2. The molecule has 2 aliphatic rings. The fourth-order valence-electron chi connectivity index (χ4n) is 3.71. The van der Waals surface area contributed by atoms with E-state index >= 15 is 0 Å². The van der Waals surface area contributed by atoms with Crippen molar-refractivity contribution in [3.05, 3.63) is 46.8 Å². The first-order valence-electron chi connectivity index (χ1n) is 8.77. The molecule has 0 saturated carbocycles. The summed E-state index contributed by atoms with van der Waals surface area (Å²) in [5.41, 5.74) is 9.37. The van der Waals surface area contributed by atoms with E-state index in [1.54, 1.807) is 11.9 Å². The molecule has 1 aromatic carbocycles. The monoisotopic (exact) mass is 338 g/mol. The number of benzene rings is 1. The Kier molecular flexibility index (Phi) is 4.03. The Balaban J connectivity index is 1.51. The second kappa shape index (κ2) is 6.35. The van der Waals surface area contributed by atoms with Crippen LogP contribution >= 0.6 is 0 Å². The van der Waals surface area contributed by atoms with Gasteiger partial charge in [0.25, 0.3) is 5.91 Å². The second-order valence-electron chi connectivity index (χ2n) is 6.80. The smallest absolute Gasteiger partial charge is 0.272 e. The van der Waals surface area contributed by atoms with Crippen molar-refractivity contribution in [3.63, 3.8) is 0 Å². The maximum atomic E-state index is 13.0. The molecule has 25 heavy (non-hydrogen) atoms. The summed E-state index contributed by atoms with van der Waals surface area (Å²) in [4.78, 5) is 23.2. The van der Waals surface area contributed by atoms with E-state index < -0.39 is 0 Å². The fourth-order valence-corrected chi connectivity index (χ4v) is 3.71. The average Bonchev–Trinajstić information content (AvgIpc) is 3.02. The molecule has 0 saturated heterocycles. The minimum Gasteiger partial charge on any atom is -0.488 e. The first-order chi connectivity index (χ1) is 12.1. The SMILES string of the molecule is CN(C[C@@H]1Cc2ccccc2O1)C(=O)c1nc(N)nc2c1CCCC2. The Morgan fingerprint density at radius 2 is 2.08 bits per heavy atom. The summed E-state index contributed by atoms with van der Waals surface area (Å²) >= 11 is 0. The molecule has 2 heterocycles. The zero-order chi connectivity index (χ0) is 17.4. The number of aryl methyl sites for hydroxylation is 1. The van der Waals surface area contributed by atoms with Crippen LogP contribution in [0.3, 0.4) is 0 Å². The molecule has 1 atom stereocenters. The van der Waals surface area contributed by atoms with Gasteiger partial charge in [0.15, 0.2) is 0 Å². The first-order valence-corrected chi connectivity index (χ1v) is 8.77. The van der Waals surface area contributed by atoms with Gasteiger partial charge in [0.1, 0.15) is 17.5 Å². The van der Waals surface area contributed by atoms with Gasteiger partial charge in [-0.2, -0.15) is 0 Å². The number of aromatic nitrogens is 2. The topological polar surface area (TPSA) is 81.3 Å².